The minimum absolute atomic E-state index is 0.286. The fourth-order valence-electron chi connectivity index (χ4n) is 4.03. The first-order valence-electron chi connectivity index (χ1n) is 9.28. The van der Waals surface area contributed by atoms with Crippen molar-refractivity contribution in [3.05, 3.63) is 29.8 Å². The molecule has 0 unspecified atom stereocenters. The van der Waals surface area contributed by atoms with E-state index in [9.17, 15) is 14.4 Å². The van der Waals surface area contributed by atoms with Gasteiger partial charge in [-0.2, -0.15) is 0 Å². The molecule has 2 aliphatic rings. The van der Waals surface area contributed by atoms with Gasteiger partial charge < -0.3 is 14.2 Å². The Kier molecular flexibility index (Phi) is 5.51. The molecule has 0 radical (unpaired) electrons. The second-order valence-corrected chi connectivity index (χ2v) is 7.15. The van der Waals surface area contributed by atoms with Crippen molar-refractivity contribution >= 4 is 17.9 Å². The van der Waals surface area contributed by atoms with Gasteiger partial charge in [-0.15, -0.1) is 0 Å². The second-order valence-electron chi connectivity index (χ2n) is 7.15. The normalized spacial score (nSPS) is 23.6. The van der Waals surface area contributed by atoms with Gasteiger partial charge in [0.2, 0.25) is 0 Å². The van der Waals surface area contributed by atoms with Crippen molar-refractivity contribution in [1.82, 2.24) is 5.32 Å². The standard InChI is InChI=1S/C20H25NO6/c1-14(22)27-20(12-5-13-21-20)18(24)26-17(23)19(10-3-4-11-19)15-6-8-16(25-2)9-7-15/h6-9,21H,3-5,10-13H2,1-2H3/t20-/m1/s1. The van der Waals surface area contributed by atoms with E-state index in [0.29, 0.717) is 31.6 Å². The Bertz CT molecular complexity index is 714. The predicted molar refractivity (Wildman–Crippen MR) is 96.0 cm³/mol. The van der Waals surface area contributed by atoms with Crippen molar-refractivity contribution in [2.24, 2.45) is 0 Å². The quantitative estimate of drug-likeness (QED) is 0.623. The number of ether oxygens (including phenoxy) is 3. The Labute approximate surface area is 158 Å². The molecule has 1 saturated carbocycles. The summed E-state index contributed by atoms with van der Waals surface area (Å²) in [6.07, 6.45) is 3.92. The zero-order chi connectivity index (χ0) is 19.5. The van der Waals surface area contributed by atoms with Gasteiger partial charge in [0.15, 0.2) is 0 Å². The highest BCUT2D eigenvalue weighted by molar-refractivity contribution is 5.96. The van der Waals surface area contributed by atoms with Gasteiger partial charge in [-0.05, 0) is 43.5 Å². The number of benzene rings is 1. The third-order valence-electron chi connectivity index (χ3n) is 5.44. The van der Waals surface area contributed by atoms with Gasteiger partial charge in [0.05, 0.1) is 12.5 Å². The third kappa shape index (κ3) is 3.69. The van der Waals surface area contributed by atoms with Crippen LogP contribution < -0.4 is 10.1 Å². The fourth-order valence-corrected chi connectivity index (χ4v) is 4.03. The topological polar surface area (TPSA) is 90.9 Å². The van der Waals surface area contributed by atoms with E-state index < -0.39 is 29.0 Å². The average Bonchev–Trinajstić information content (AvgIpc) is 3.32. The molecule has 1 aliphatic heterocycles. The van der Waals surface area contributed by atoms with Crippen molar-refractivity contribution in [1.29, 1.82) is 0 Å². The molecule has 1 N–H and O–H groups in total. The summed E-state index contributed by atoms with van der Waals surface area (Å²) in [6.45, 7) is 1.74. The molecule has 0 spiro atoms. The van der Waals surface area contributed by atoms with Crippen LogP contribution in [0.4, 0.5) is 0 Å². The summed E-state index contributed by atoms with van der Waals surface area (Å²) in [5.74, 6) is -1.34. The monoisotopic (exact) mass is 375 g/mol. The number of rotatable bonds is 5. The maximum Gasteiger partial charge on any atom is 0.374 e. The number of nitrogens with one attached hydrogen (secondary N) is 1. The molecule has 0 bridgehead atoms. The molecular formula is C20H25NO6. The van der Waals surface area contributed by atoms with Crippen molar-refractivity contribution in [3.63, 3.8) is 0 Å². The molecule has 3 rings (SSSR count). The molecule has 1 aromatic carbocycles. The smallest absolute Gasteiger partial charge is 0.374 e. The van der Waals surface area contributed by atoms with E-state index in [1.165, 1.54) is 6.92 Å². The van der Waals surface area contributed by atoms with Gasteiger partial charge in [-0.1, -0.05) is 25.0 Å². The number of methoxy groups -OCH3 is 1. The van der Waals surface area contributed by atoms with Crippen LogP contribution in [0.1, 0.15) is 51.0 Å². The van der Waals surface area contributed by atoms with E-state index in [4.69, 9.17) is 14.2 Å². The zero-order valence-electron chi connectivity index (χ0n) is 15.7. The van der Waals surface area contributed by atoms with E-state index in [-0.39, 0.29) is 6.42 Å². The van der Waals surface area contributed by atoms with Crippen LogP contribution in [0.3, 0.4) is 0 Å². The number of hydrogen-bond donors (Lipinski definition) is 1. The van der Waals surface area contributed by atoms with Crippen LogP contribution in [-0.2, 0) is 29.3 Å². The second kappa shape index (κ2) is 7.68. The van der Waals surface area contributed by atoms with Gasteiger partial charge in [-0.25, -0.2) is 4.79 Å². The molecule has 7 nitrogen and oxygen atoms in total. The van der Waals surface area contributed by atoms with Crippen LogP contribution >= 0.6 is 0 Å². The lowest BCUT2D eigenvalue weighted by molar-refractivity contribution is -0.189. The largest absolute Gasteiger partial charge is 0.497 e. The van der Waals surface area contributed by atoms with Crippen LogP contribution in [0.5, 0.6) is 5.75 Å². The molecule has 2 fully saturated rings. The zero-order valence-corrected chi connectivity index (χ0v) is 15.7. The van der Waals surface area contributed by atoms with Gasteiger partial charge in [0.25, 0.3) is 5.72 Å². The van der Waals surface area contributed by atoms with E-state index >= 15 is 0 Å². The lowest BCUT2D eigenvalue weighted by Crippen LogP contribution is -2.53. The maximum absolute atomic E-state index is 13.1. The molecule has 27 heavy (non-hydrogen) atoms. The van der Waals surface area contributed by atoms with Crippen LogP contribution in [0, 0.1) is 0 Å². The summed E-state index contributed by atoms with van der Waals surface area (Å²) in [4.78, 5) is 37.2. The SMILES string of the molecule is COc1ccc(C2(C(=O)OC(=O)[C@]3(OC(C)=O)CCCN3)CCCC2)cc1. The Morgan fingerprint density at radius 1 is 0.963 bits per heavy atom. The van der Waals surface area contributed by atoms with Gasteiger partial charge in [-0.3, -0.25) is 14.9 Å². The highest BCUT2D eigenvalue weighted by Gasteiger charge is 2.51. The number of esters is 3. The van der Waals surface area contributed by atoms with Gasteiger partial charge in [0, 0.05) is 13.3 Å². The lowest BCUT2D eigenvalue weighted by atomic mass is 9.79. The summed E-state index contributed by atoms with van der Waals surface area (Å²) in [6, 6.07) is 7.27. The molecule has 1 aromatic rings. The number of carbonyl (C=O) groups is 3. The highest BCUT2D eigenvalue weighted by Crippen LogP contribution is 2.43. The predicted octanol–water partition coefficient (Wildman–Crippen LogP) is 2.22. The Morgan fingerprint density at radius 2 is 1.63 bits per heavy atom. The maximum atomic E-state index is 13.1. The van der Waals surface area contributed by atoms with E-state index in [1.807, 2.05) is 12.1 Å². The van der Waals surface area contributed by atoms with E-state index in [2.05, 4.69) is 5.32 Å². The fraction of sp³-hybridized carbons (Fsp3) is 0.550. The van der Waals surface area contributed by atoms with Crippen LogP contribution in [0.15, 0.2) is 24.3 Å². The third-order valence-corrected chi connectivity index (χ3v) is 5.44. The molecular weight excluding hydrogens is 350 g/mol. The van der Waals surface area contributed by atoms with Crippen LogP contribution in [-0.4, -0.2) is 37.3 Å². The molecule has 1 aliphatic carbocycles. The average molecular weight is 375 g/mol. The van der Waals surface area contributed by atoms with Crippen LogP contribution in [0.2, 0.25) is 0 Å². The summed E-state index contributed by atoms with van der Waals surface area (Å²) in [5, 5.41) is 2.88. The molecule has 1 saturated heterocycles. The van der Waals surface area contributed by atoms with Crippen molar-refractivity contribution in [3.8, 4) is 5.75 Å². The number of hydrogen-bond acceptors (Lipinski definition) is 7. The summed E-state index contributed by atoms with van der Waals surface area (Å²) >= 11 is 0. The summed E-state index contributed by atoms with van der Waals surface area (Å²) in [7, 11) is 1.58. The van der Waals surface area contributed by atoms with Gasteiger partial charge in [0.1, 0.15) is 5.75 Å². The lowest BCUT2D eigenvalue weighted by Gasteiger charge is -2.30. The Hall–Kier alpha value is -2.41. The Morgan fingerprint density at radius 3 is 2.15 bits per heavy atom. The van der Waals surface area contributed by atoms with E-state index in [1.54, 1.807) is 19.2 Å². The first kappa shape index (κ1) is 19.4. The van der Waals surface area contributed by atoms with Crippen molar-refractivity contribution in [2.75, 3.05) is 13.7 Å². The minimum atomic E-state index is -1.57. The molecule has 0 amide bonds. The first-order chi connectivity index (χ1) is 12.9. The minimum Gasteiger partial charge on any atom is -0.497 e. The molecule has 0 aromatic heterocycles. The molecule has 1 atom stereocenters. The summed E-state index contributed by atoms with van der Waals surface area (Å²) < 4.78 is 15.7. The number of carbonyl (C=O) groups excluding carboxylic acids is 3. The van der Waals surface area contributed by atoms with Crippen molar-refractivity contribution in [2.45, 2.75) is 56.6 Å². The molecule has 146 valence electrons. The first-order valence-corrected chi connectivity index (χ1v) is 9.28. The van der Waals surface area contributed by atoms with Gasteiger partial charge >= 0.3 is 17.9 Å². The highest BCUT2D eigenvalue weighted by atomic mass is 16.6. The van der Waals surface area contributed by atoms with Crippen LogP contribution in [0.25, 0.3) is 0 Å². The molecule has 7 heteroatoms. The van der Waals surface area contributed by atoms with E-state index in [0.717, 1.165) is 18.4 Å². The summed E-state index contributed by atoms with van der Waals surface area (Å²) in [5.41, 5.74) is -1.63. The molecule has 1 heterocycles. The Balaban J connectivity index is 1.82. The van der Waals surface area contributed by atoms with Crippen molar-refractivity contribution < 1.29 is 28.6 Å².